The van der Waals surface area contributed by atoms with Crippen molar-refractivity contribution >= 4 is 45.2 Å². The van der Waals surface area contributed by atoms with Crippen LogP contribution < -0.4 is 5.32 Å². The number of ether oxygens (including phenoxy) is 1. The van der Waals surface area contributed by atoms with Gasteiger partial charge in [-0.3, -0.25) is 4.79 Å². The lowest BCUT2D eigenvalue weighted by atomic mass is 9.90. The van der Waals surface area contributed by atoms with E-state index in [-0.39, 0.29) is 11.7 Å². The summed E-state index contributed by atoms with van der Waals surface area (Å²) in [5, 5.41) is 12.1. The molecule has 1 fully saturated rings. The second-order valence-corrected chi connectivity index (χ2v) is 7.54. The van der Waals surface area contributed by atoms with Gasteiger partial charge in [0.1, 0.15) is 5.54 Å². The van der Waals surface area contributed by atoms with Crippen LogP contribution in [0.5, 0.6) is 0 Å². The molecule has 23 heavy (non-hydrogen) atoms. The summed E-state index contributed by atoms with van der Waals surface area (Å²) in [7, 11) is 0. The summed E-state index contributed by atoms with van der Waals surface area (Å²) in [5.74, 6) is -1.15. The number of para-hydroxylation sites is 1. The van der Waals surface area contributed by atoms with Gasteiger partial charge in [-0.2, -0.15) is 0 Å². The zero-order valence-electron chi connectivity index (χ0n) is 12.3. The van der Waals surface area contributed by atoms with Gasteiger partial charge in [0.2, 0.25) is 5.91 Å². The zero-order chi connectivity index (χ0) is 16.3. The van der Waals surface area contributed by atoms with Gasteiger partial charge in [0.15, 0.2) is 4.34 Å². The number of carboxylic acids is 1. The fourth-order valence-electron chi connectivity index (χ4n) is 2.46. The lowest BCUT2D eigenvalue weighted by Gasteiger charge is -2.33. The molecular formula is C15H16N2O4S2. The number of amides is 1. The molecule has 1 saturated heterocycles. The van der Waals surface area contributed by atoms with E-state index in [4.69, 9.17) is 4.74 Å². The Morgan fingerprint density at radius 2 is 2.09 bits per heavy atom. The van der Waals surface area contributed by atoms with Crippen molar-refractivity contribution in [1.29, 1.82) is 0 Å². The lowest BCUT2D eigenvalue weighted by Crippen LogP contribution is -2.57. The number of aliphatic carboxylic acids is 1. The molecule has 2 aromatic rings. The van der Waals surface area contributed by atoms with E-state index < -0.39 is 11.5 Å². The second kappa shape index (κ2) is 6.86. The number of fused-ring (bicyclic) bond motifs is 1. The third kappa shape index (κ3) is 3.65. The number of thioether (sulfide) groups is 1. The van der Waals surface area contributed by atoms with Crippen LogP contribution in [0.4, 0.5) is 0 Å². The first kappa shape index (κ1) is 16.2. The number of thiazole rings is 1. The summed E-state index contributed by atoms with van der Waals surface area (Å²) >= 11 is 2.85. The van der Waals surface area contributed by atoms with E-state index in [1.807, 2.05) is 24.3 Å². The number of rotatable bonds is 5. The summed E-state index contributed by atoms with van der Waals surface area (Å²) in [5.41, 5.74) is -0.296. The number of nitrogens with one attached hydrogen (secondary N) is 1. The first-order chi connectivity index (χ1) is 11.1. The van der Waals surface area contributed by atoms with Gasteiger partial charge >= 0.3 is 5.97 Å². The molecule has 1 aliphatic rings. The molecule has 0 aliphatic carbocycles. The maximum absolute atomic E-state index is 12.2. The fourth-order valence-corrected chi connectivity index (χ4v) is 4.32. The Hall–Kier alpha value is -1.64. The monoisotopic (exact) mass is 352 g/mol. The molecular weight excluding hydrogens is 336 g/mol. The number of hydrogen-bond donors (Lipinski definition) is 2. The molecule has 0 radical (unpaired) electrons. The van der Waals surface area contributed by atoms with Crippen LogP contribution in [-0.4, -0.2) is 46.5 Å². The molecule has 0 atom stereocenters. The molecule has 122 valence electrons. The summed E-state index contributed by atoms with van der Waals surface area (Å²) < 4.78 is 7.07. The topological polar surface area (TPSA) is 88.5 Å². The van der Waals surface area contributed by atoms with Crippen molar-refractivity contribution in [1.82, 2.24) is 10.3 Å². The van der Waals surface area contributed by atoms with Gasteiger partial charge in [-0.1, -0.05) is 23.9 Å². The highest BCUT2D eigenvalue weighted by atomic mass is 32.2. The molecule has 3 rings (SSSR count). The Labute approximate surface area is 141 Å². The normalized spacial score (nSPS) is 17.0. The highest BCUT2D eigenvalue weighted by Gasteiger charge is 2.41. The van der Waals surface area contributed by atoms with Crippen LogP contribution in [0.3, 0.4) is 0 Å². The largest absolute Gasteiger partial charge is 0.480 e. The molecule has 0 saturated carbocycles. The lowest BCUT2D eigenvalue weighted by molar-refractivity contribution is -0.151. The molecule has 2 N–H and O–H groups in total. The number of carbonyl (C=O) groups is 2. The molecule has 1 aromatic carbocycles. The van der Waals surface area contributed by atoms with Crippen LogP contribution in [0, 0.1) is 0 Å². The Kier molecular flexibility index (Phi) is 4.84. The van der Waals surface area contributed by atoms with Gasteiger partial charge < -0.3 is 15.2 Å². The van der Waals surface area contributed by atoms with Crippen LogP contribution >= 0.6 is 23.1 Å². The number of benzene rings is 1. The van der Waals surface area contributed by atoms with Gasteiger partial charge in [-0.25, -0.2) is 9.78 Å². The first-order valence-electron chi connectivity index (χ1n) is 7.20. The number of carboxylic acid groups (broad SMARTS) is 1. The highest BCUT2D eigenvalue weighted by Crippen LogP contribution is 2.29. The SMILES string of the molecule is O=C(CSc1nc2ccccc2s1)NC1(C(=O)O)CCOCC1. The maximum atomic E-state index is 12.2. The fraction of sp³-hybridized carbons (Fsp3) is 0.400. The molecule has 1 aliphatic heterocycles. The number of hydrogen-bond acceptors (Lipinski definition) is 6. The van der Waals surface area contributed by atoms with Crippen molar-refractivity contribution in [3.05, 3.63) is 24.3 Å². The van der Waals surface area contributed by atoms with Crippen molar-refractivity contribution in [3.63, 3.8) is 0 Å². The molecule has 0 spiro atoms. The number of nitrogens with zero attached hydrogens (tertiary/aromatic N) is 1. The maximum Gasteiger partial charge on any atom is 0.329 e. The Morgan fingerprint density at radius 1 is 1.35 bits per heavy atom. The highest BCUT2D eigenvalue weighted by molar-refractivity contribution is 8.01. The molecule has 1 aromatic heterocycles. The number of aromatic nitrogens is 1. The molecule has 0 bridgehead atoms. The van der Waals surface area contributed by atoms with E-state index in [1.165, 1.54) is 23.1 Å². The van der Waals surface area contributed by atoms with Crippen molar-refractivity contribution in [2.45, 2.75) is 22.7 Å². The Balaban J connectivity index is 1.61. The second-order valence-electron chi connectivity index (χ2n) is 5.28. The van der Waals surface area contributed by atoms with E-state index >= 15 is 0 Å². The van der Waals surface area contributed by atoms with E-state index in [0.29, 0.717) is 26.1 Å². The van der Waals surface area contributed by atoms with Gasteiger partial charge in [-0.15, -0.1) is 11.3 Å². The predicted molar refractivity (Wildman–Crippen MR) is 88.9 cm³/mol. The smallest absolute Gasteiger partial charge is 0.329 e. The molecule has 6 nitrogen and oxygen atoms in total. The van der Waals surface area contributed by atoms with Crippen LogP contribution in [0.25, 0.3) is 10.2 Å². The minimum Gasteiger partial charge on any atom is -0.480 e. The average Bonchev–Trinajstić information content (AvgIpc) is 2.96. The van der Waals surface area contributed by atoms with Crippen LogP contribution in [0.1, 0.15) is 12.8 Å². The third-order valence-corrected chi connectivity index (χ3v) is 5.91. The third-order valence-electron chi connectivity index (χ3n) is 3.74. The van der Waals surface area contributed by atoms with Crippen molar-refractivity contribution in [3.8, 4) is 0 Å². The predicted octanol–water partition coefficient (Wildman–Crippen LogP) is 2.14. The quantitative estimate of drug-likeness (QED) is 0.802. The van der Waals surface area contributed by atoms with Crippen molar-refractivity contribution in [2.24, 2.45) is 0 Å². The minimum absolute atomic E-state index is 0.149. The minimum atomic E-state index is -1.20. The molecule has 2 heterocycles. The van der Waals surface area contributed by atoms with Crippen molar-refractivity contribution in [2.75, 3.05) is 19.0 Å². The van der Waals surface area contributed by atoms with Crippen LogP contribution in [0.2, 0.25) is 0 Å². The van der Waals surface area contributed by atoms with Gasteiger partial charge in [0.25, 0.3) is 0 Å². The van der Waals surface area contributed by atoms with Gasteiger partial charge in [0.05, 0.1) is 16.0 Å². The zero-order valence-corrected chi connectivity index (χ0v) is 13.9. The van der Waals surface area contributed by atoms with Crippen LogP contribution in [0.15, 0.2) is 28.6 Å². The molecule has 1 amide bonds. The van der Waals surface area contributed by atoms with Gasteiger partial charge in [-0.05, 0) is 12.1 Å². The summed E-state index contributed by atoms with van der Waals surface area (Å²) in [6, 6.07) is 7.78. The summed E-state index contributed by atoms with van der Waals surface area (Å²) in [4.78, 5) is 28.1. The molecule has 8 heteroatoms. The first-order valence-corrected chi connectivity index (χ1v) is 9.00. The van der Waals surface area contributed by atoms with E-state index in [2.05, 4.69) is 10.3 Å². The van der Waals surface area contributed by atoms with E-state index in [1.54, 1.807) is 0 Å². The number of carbonyl (C=O) groups excluding carboxylic acids is 1. The average molecular weight is 352 g/mol. The van der Waals surface area contributed by atoms with Crippen molar-refractivity contribution < 1.29 is 19.4 Å². The summed E-state index contributed by atoms with van der Waals surface area (Å²) in [6.45, 7) is 0.690. The standard InChI is InChI=1S/C15H16N2O4S2/c18-12(17-15(13(19)20)5-7-21-8-6-15)9-22-14-16-10-3-1-2-4-11(10)23-14/h1-4H,5-9H2,(H,17,18)(H,19,20). The van der Waals surface area contributed by atoms with Crippen LogP contribution in [-0.2, 0) is 14.3 Å². The van der Waals surface area contributed by atoms with E-state index in [9.17, 15) is 14.7 Å². The summed E-state index contributed by atoms with van der Waals surface area (Å²) in [6.07, 6.45) is 0.583. The van der Waals surface area contributed by atoms with E-state index in [0.717, 1.165) is 14.6 Å². The molecule has 0 unspecified atom stereocenters. The van der Waals surface area contributed by atoms with Gasteiger partial charge in [0, 0.05) is 26.1 Å². The Morgan fingerprint density at radius 3 is 2.78 bits per heavy atom. The Bertz CT molecular complexity index is 692.